The van der Waals surface area contributed by atoms with Crippen LogP contribution in [0, 0.1) is 0 Å². The molecule has 27 heavy (non-hydrogen) atoms. The molecule has 0 unspecified atom stereocenters. The zero-order chi connectivity index (χ0) is 19.6. The maximum atomic E-state index is 12.6. The summed E-state index contributed by atoms with van der Waals surface area (Å²) >= 11 is 3.37. The van der Waals surface area contributed by atoms with Crippen molar-refractivity contribution >= 4 is 38.4 Å². The lowest BCUT2D eigenvalue weighted by atomic mass is 9.86. The number of fused-ring (bicyclic) bond motifs is 1. The molecule has 0 radical (unpaired) electrons. The number of carbonyl (C=O) groups excluding carboxylic acids is 1. The van der Waals surface area contributed by atoms with Crippen molar-refractivity contribution in [1.82, 2.24) is 9.55 Å². The molecule has 0 aliphatic carbocycles. The van der Waals surface area contributed by atoms with Crippen LogP contribution in [0.1, 0.15) is 32.8 Å². The Kier molecular flexibility index (Phi) is 5.46. The van der Waals surface area contributed by atoms with Crippen molar-refractivity contribution in [3.8, 4) is 0 Å². The fourth-order valence-electron chi connectivity index (χ4n) is 2.97. The highest BCUT2D eigenvalue weighted by Crippen LogP contribution is 2.29. The molecule has 0 saturated carbocycles. The molecule has 3 rings (SSSR count). The number of aromatic nitrogens is 2. The monoisotopic (exact) mass is 427 g/mol. The first-order valence-corrected chi connectivity index (χ1v) is 9.59. The molecule has 2 aromatic carbocycles. The van der Waals surface area contributed by atoms with Gasteiger partial charge >= 0.3 is 0 Å². The predicted octanol–water partition coefficient (Wildman–Crippen LogP) is 4.49. The Morgan fingerprint density at radius 3 is 2.67 bits per heavy atom. The Bertz CT molecular complexity index is 1050. The third kappa shape index (κ3) is 4.45. The summed E-state index contributed by atoms with van der Waals surface area (Å²) in [5.41, 5.74) is 2.30. The van der Waals surface area contributed by atoms with Crippen LogP contribution in [0.2, 0.25) is 0 Å². The van der Waals surface area contributed by atoms with Crippen molar-refractivity contribution in [2.75, 3.05) is 5.32 Å². The van der Waals surface area contributed by atoms with E-state index in [1.54, 1.807) is 12.1 Å². The molecule has 1 amide bonds. The van der Waals surface area contributed by atoms with Gasteiger partial charge < -0.3 is 5.32 Å². The van der Waals surface area contributed by atoms with Crippen LogP contribution in [-0.4, -0.2) is 15.5 Å². The molecule has 6 heteroatoms. The van der Waals surface area contributed by atoms with Gasteiger partial charge in [0, 0.05) is 23.1 Å². The molecular weight excluding hydrogens is 406 g/mol. The standard InChI is InChI=1S/C21H22BrN3O2/c1-21(2,3)16-6-4-5-7-18(16)24-19(26)10-11-25-13-23-17-9-8-14(22)12-15(17)20(25)27/h4-9,12-13H,10-11H2,1-3H3,(H,24,26). The van der Waals surface area contributed by atoms with Gasteiger partial charge in [0.25, 0.3) is 5.56 Å². The van der Waals surface area contributed by atoms with Gasteiger partial charge in [0.05, 0.1) is 17.2 Å². The number of nitrogens with zero attached hydrogens (tertiary/aromatic N) is 2. The van der Waals surface area contributed by atoms with Crippen molar-refractivity contribution in [3.05, 3.63) is 69.2 Å². The van der Waals surface area contributed by atoms with Gasteiger partial charge in [-0.3, -0.25) is 14.2 Å². The van der Waals surface area contributed by atoms with Gasteiger partial charge in [-0.2, -0.15) is 0 Å². The summed E-state index contributed by atoms with van der Waals surface area (Å²) in [5.74, 6) is -0.132. The number of anilines is 1. The fourth-order valence-corrected chi connectivity index (χ4v) is 3.33. The number of nitrogens with one attached hydrogen (secondary N) is 1. The Labute approximate surface area is 166 Å². The minimum absolute atomic E-state index is 0.0730. The highest BCUT2D eigenvalue weighted by atomic mass is 79.9. The van der Waals surface area contributed by atoms with E-state index in [0.717, 1.165) is 15.7 Å². The lowest BCUT2D eigenvalue weighted by Gasteiger charge is -2.23. The molecule has 1 heterocycles. The molecule has 0 bridgehead atoms. The molecule has 0 atom stereocenters. The van der Waals surface area contributed by atoms with E-state index in [-0.39, 0.29) is 29.8 Å². The number of aryl methyl sites for hydroxylation is 1. The van der Waals surface area contributed by atoms with Gasteiger partial charge in [0.2, 0.25) is 5.91 Å². The average Bonchev–Trinajstić information content (AvgIpc) is 2.61. The predicted molar refractivity (Wildman–Crippen MR) is 112 cm³/mol. The van der Waals surface area contributed by atoms with Gasteiger partial charge in [-0.15, -0.1) is 0 Å². The molecule has 0 saturated heterocycles. The van der Waals surface area contributed by atoms with E-state index in [9.17, 15) is 9.59 Å². The molecule has 0 spiro atoms. The average molecular weight is 428 g/mol. The van der Waals surface area contributed by atoms with Crippen LogP contribution < -0.4 is 10.9 Å². The van der Waals surface area contributed by atoms with E-state index < -0.39 is 0 Å². The molecular formula is C21H22BrN3O2. The smallest absolute Gasteiger partial charge is 0.261 e. The highest BCUT2D eigenvalue weighted by Gasteiger charge is 2.18. The maximum Gasteiger partial charge on any atom is 0.261 e. The second-order valence-electron chi connectivity index (χ2n) is 7.50. The first kappa shape index (κ1) is 19.3. The lowest BCUT2D eigenvalue weighted by Crippen LogP contribution is -2.24. The zero-order valence-electron chi connectivity index (χ0n) is 15.6. The molecule has 0 aliphatic rings. The second-order valence-corrected chi connectivity index (χ2v) is 8.41. The molecule has 1 aromatic heterocycles. The summed E-state index contributed by atoms with van der Waals surface area (Å²) in [7, 11) is 0. The number of benzene rings is 2. The topological polar surface area (TPSA) is 64.0 Å². The number of halogens is 1. The van der Waals surface area contributed by atoms with Crippen LogP contribution in [0.15, 0.2) is 58.1 Å². The summed E-state index contributed by atoms with van der Waals surface area (Å²) in [6.45, 7) is 6.60. The summed E-state index contributed by atoms with van der Waals surface area (Å²) in [6, 6.07) is 13.2. The van der Waals surface area contributed by atoms with E-state index in [0.29, 0.717) is 10.9 Å². The van der Waals surface area contributed by atoms with Crippen LogP contribution in [0.4, 0.5) is 5.69 Å². The van der Waals surface area contributed by atoms with Crippen LogP contribution in [0.25, 0.3) is 10.9 Å². The number of amides is 1. The first-order chi connectivity index (χ1) is 12.8. The minimum Gasteiger partial charge on any atom is -0.326 e. The number of carbonyl (C=O) groups is 1. The Hall–Kier alpha value is -2.47. The summed E-state index contributed by atoms with van der Waals surface area (Å²) in [6.07, 6.45) is 1.69. The normalized spacial score (nSPS) is 11.6. The third-order valence-corrected chi connectivity index (χ3v) is 4.87. The third-order valence-electron chi connectivity index (χ3n) is 4.38. The highest BCUT2D eigenvalue weighted by molar-refractivity contribution is 9.10. The van der Waals surface area contributed by atoms with Gasteiger partial charge in [-0.25, -0.2) is 4.98 Å². The van der Waals surface area contributed by atoms with Gasteiger partial charge in [0.1, 0.15) is 0 Å². The first-order valence-electron chi connectivity index (χ1n) is 8.80. The number of hydrogen-bond acceptors (Lipinski definition) is 3. The zero-order valence-corrected chi connectivity index (χ0v) is 17.2. The minimum atomic E-state index is -0.149. The molecule has 3 aromatic rings. The van der Waals surface area contributed by atoms with E-state index >= 15 is 0 Å². The van der Waals surface area contributed by atoms with E-state index in [2.05, 4.69) is 47.0 Å². The molecule has 0 fully saturated rings. The molecule has 0 aliphatic heterocycles. The quantitative estimate of drug-likeness (QED) is 0.666. The second kappa shape index (κ2) is 7.64. The van der Waals surface area contributed by atoms with Crippen molar-refractivity contribution in [2.45, 2.75) is 39.2 Å². The number of rotatable bonds is 4. The van der Waals surface area contributed by atoms with Crippen molar-refractivity contribution in [1.29, 1.82) is 0 Å². The van der Waals surface area contributed by atoms with Gasteiger partial charge in [-0.1, -0.05) is 54.9 Å². The summed E-state index contributed by atoms with van der Waals surface area (Å²) in [4.78, 5) is 29.3. The Morgan fingerprint density at radius 1 is 1.19 bits per heavy atom. The van der Waals surface area contributed by atoms with E-state index in [4.69, 9.17) is 0 Å². The van der Waals surface area contributed by atoms with Crippen molar-refractivity contribution < 1.29 is 4.79 Å². The van der Waals surface area contributed by atoms with Crippen LogP contribution in [0.5, 0.6) is 0 Å². The number of hydrogen-bond donors (Lipinski definition) is 1. The molecule has 5 nitrogen and oxygen atoms in total. The largest absolute Gasteiger partial charge is 0.326 e. The molecule has 140 valence electrons. The van der Waals surface area contributed by atoms with E-state index in [1.807, 2.05) is 30.3 Å². The van der Waals surface area contributed by atoms with Crippen LogP contribution in [-0.2, 0) is 16.8 Å². The van der Waals surface area contributed by atoms with Crippen molar-refractivity contribution in [3.63, 3.8) is 0 Å². The lowest BCUT2D eigenvalue weighted by molar-refractivity contribution is -0.116. The van der Waals surface area contributed by atoms with Crippen molar-refractivity contribution in [2.24, 2.45) is 0 Å². The summed E-state index contributed by atoms with van der Waals surface area (Å²) < 4.78 is 2.30. The Balaban J connectivity index is 1.75. The van der Waals surface area contributed by atoms with E-state index in [1.165, 1.54) is 10.9 Å². The van der Waals surface area contributed by atoms with Gasteiger partial charge in [-0.05, 0) is 35.2 Å². The fraction of sp³-hybridized carbons (Fsp3) is 0.286. The summed E-state index contributed by atoms with van der Waals surface area (Å²) in [5, 5.41) is 3.50. The SMILES string of the molecule is CC(C)(C)c1ccccc1NC(=O)CCn1cnc2ccc(Br)cc2c1=O. The Morgan fingerprint density at radius 2 is 1.93 bits per heavy atom. The van der Waals surface area contributed by atoms with Gasteiger partial charge in [0.15, 0.2) is 0 Å². The maximum absolute atomic E-state index is 12.6. The number of para-hydroxylation sites is 1. The van der Waals surface area contributed by atoms with Crippen LogP contribution in [0.3, 0.4) is 0 Å². The molecule has 1 N–H and O–H groups in total. The van der Waals surface area contributed by atoms with Crippen LogP contribution >= 0.6 is 15.9 Å².